The molecule has 0 spiro atoms. The number of phosphoric acid groups is 1. The molecule has 0 unspecified atom stereocenters. The predicted molar refractivity (Wildman–Crippen MR) is 64.4 cm³/mol. The first-order valence-electron chi connectivity index (χ1n) is 4.50. The topological polar surface area (TPSA) is 145 Å². The van der Waals surface area contributed by atoms with Crippen LogP contribution in [0.2, 0.25) is 0 Å². The number of carbonyl (C=O) groups excluding carboxylic acids is 1. The summed E-state index contributed by atoms with van der Waals surface area (Å²) in [5.41, 5.74) is 0. The van der Waals surface area contributed by atoms with Crippen molar-refractivity contribution < 1.29 is 39.0 Å². The van der Waals surface area contributed by atoms with Crippen molar-refractivity contribution in [2.75, 3.05) is 13.2 Å². The minimum absolute atomic E-state index is 0.617. The van der Waals surface area contributed by atoms with Crippen LogP contribution in [0.1, 0.15) is 6.92 Å². The van der Waals surface area contributed by atoms with Crippen molar-refractivity contribution in [3.05, 3.63) is 25.3 Å². The minimum Gasteiger partial charge on any atom is -0.373 e. The maximum absolute atomic E-state index is 9.64. The summed E-state index contributed by atoms with van der Waals surface area (Å²) in [6.45, 7) is 9.28. The SMILES string of the molecule is C=CCOCC=C.CC(=O)C(O)O.O=P(O)(O)O. The largest absolute Gasteiger partial charge is 0.466 e. The Morgan fingerprint density at radius 3 is 1.56 bits per heavy atom. The van der Waals surface area contributed by atoms with Gasteiger partial charge in [0.1, 0.15) is 0 Å². The lowest BCUT2D eigenvalue weighted by Crippen LogP contribution is -2.14. The van der Waals surface area contributed by atoms with Crippen LogP contribution in [-0.4, -0.2) is 50.2 Å². The third-order valence-electron chi connectivity index (χ3n) is 0.835. The van der Waals surface area contributed by atoms with Gasteiger partial charge >= 0.3 is 7.82 Å². The number of ether oxygens (including phenoxy) is 1. The highest BCUT2D eigenvalue weighted by Gasteiger charge is 2.00. The van der Waals surface area contributed by atoms with Gasteiger partial charge in [0.25, 0.3) is 0 Å². The molecule has 0 heterocycles. The molecule has 0 atom stereocenters. The molecular formula is C9H19O8P. The van der Waals surface area contributed by atoms with E-state index in [1.165, 1.54) is 0 Å². The number of ketones is 1. The van der Waals surface area contributed by atoms with Gasteiger partial charge in [-0.1, -0.05) is 12.2 Å². The lowest BCUT2D eigenvalue weighted by Gasteiger charge is -1.90. The van der Waals surface area contributed by atoms with Crippen molar-refractivity contribution in [2.45, 2.75) is 13.2 Å². The average Bonchev–Trinajstić information content (AvgIpc) is 2.17. The molecule has 8 nitrogen and oxygen atoms in total. The molecule has 9 heteroatoms. The molecule has 0 aliphatic carbocycles. The van der Waals surface area contributed by atoms with Gasteiger partial charge < -0.3 is 29.6 Å². The van der Waals surface area contributed by atoms with E-state index in [1.807, 2.05) is 0 Å². The molecule has 18 heavy (non-hydrogen) atoms. The number of hydrogen-bond acceptors (Lipinski definition) is 5. The molecular weight excluding hydrogens is 267 g/mol. The molecule has 0 aliphatic heterocycles. The number of aliphatic hydroxyl groups is 2. The maximum atomic E-state index is 9.64. The Kier molecular flexibility index (Phi) is 17.6. The van der Waals surface area contributed by atoms with Gasteiger partial charge in [-0.15, -0.1) is 13.2 Å². The highest BCUT2D eigenvalue weighted by molar-refractivity contribution is 7.45. The fourth-order valence-corrected chi connectivity index (χ4v) is 0.235. The summed E-state index contributed by atoms with van der Waals surface area (Å²) in [6, 6.07) is 0. The second-order valence-electron chi connectivity index (χ2n) is 2.61. The van der Waals surface area contributed by atoms with Crippen LogP contribution >= 0.6 is 7.82 Å². The molecule has 0 bridgehead atoms. The first-order chi connectivity index (χ1) is 8.06. The third kappa shape index (κ3) is 59.4. The molecule has 0 amide bonds. The summed E-state index contributed by atoms with van der Waals surface area (Å²) in [4.78, 5) is 31.2. The van der Waals surface area contributed by atoms with Crippen molar-refractivity contribution in [3.63, 3.8) is 0 Å². The predicted octanol–water partition coefficient (Wildman–Crippen LogP) is -0.668. The van der Waals surface area contributed by atoms with Crippen LogP contribution in [0, 0.1) is 0 Å². The molecule has 0 saturated carbocycles. The van der Waals surface area contributed by atoms with Crippen LogP contribution in [0.4, 0.5) is 0 Å². The average molecular weight is 286 g/mol. The fraction of sp³-hybridized carbons (Fsp3) is 0.444. The molecule has 108 valence electrons. The molecule has 0 saturated heterocycles. The Balaban J connectivity index is -0.000000190. The minimum atomic E-state index is -4.64. The Morgan fingerprint density at radius 2 is 1.44 bits per heavy atom. The van der Waals surface area contributed by atoms with E-state index in [9.17, 15) is 4.79 Å². The Bertz CT molecular complexity index is 253. The van der Waals surface area contributed by atoms with Crippen molar-refractivity contribution in [1.29, 1.82) is 0 Å². The van der Waals surface area contributed by atoms with Crippen LogP contribution in [0.15, 0.2) is 25.3 Å². The van der Waals surface area contributed by atoms with E-state index in [0.29, 0.717) is 13.2 Å². The van der Waals surface area contributed by atoms with Gasteiger partial charge in [0.15, 0.2) is 5.78 Å². The summed E-state index contributed by atoms with van der Waals surface area (Å²) in [5.74, 6) is -0.630. The fourth-order valence-electron chi connectivity index (χ4n) is 0.235. The van der Waals surface area contributed by atoms with Crippen LogP contribution in [-0.2, 0) is 14.1 Å². The summed E-state index contributed by atoms with van der Waals surface area (Å²) in [5, 5.41) is 15.7. The van der Waals surface area contributed by atoms with Gasteiger partial charge in [0.05, 0.1) is 13.2 Å². The van der Waals surface area contributed by atoms with Gasteiger partial charge in [-0.2, -0.15) is 0 Å². The highest BCUT2D eigenvalue weighted by atomic mass is 31.2. The number of carbonyl (C=O) groups is 1. The van der Waals surface area contributed by atoms with Gasteiger partial charge in [0, 0.05) is 0 Å². The lowest BCUT2D eigenvalue weighted by atomic mass is 10.4. The molecule has 0 aromatic heterocycles. The maximum Gasteiger partial charge on any atom is 0.466 e. The standard InChI is InChI=1S/C6H10O.C3H6O3.H3O4P/c1-3-5-7-6-4-2;1-2(4)3(5)6;1-5(2,3)4/h3-4H,1-2,5-6H2;3,5-6H,1H3;(H3,1,2,3,4). The summed E-state index contributed by atoms with van der Waals surface area (Å²) >= 11 is 0. The second-order valence-corrected chi connectivity index (χ2v) is 3.64. The van der Waals surface area contributed by atoms with E-state index in [1.54, 1.807) is 12.2 Å². The molecule has 0 rings (SSSR count). The van der Waals surface area contributed by atoms with Crippen LogP contribution in [0.3, 0.4) is 0 Å². The normalized spacial score (nSPS) is 9.50. The number of aliphatic hydroxyl groups excluding tert-OH is 1. The second kappa shape index (κ2) is 14.2. The zero-order chi connectivity index (χ0) is 15.2. The van der Waals surface area contributed by atoms with Crippen molar-refractivity contribution in [1.82, 2.24) is 0 Å². The summed E-state index contributed by atoms with van der Waals surface area (Å²) < 4.78 is 13.8. The Morgan fingerprint density at radius 1 is 1.22 bits per heavy atom. The van der Waals surface area contributed by atoms with E-state index < -0.39 is 19.9 Å². The molecule has 0 aromatic rings. The first-order valence-corrected chi connectivity index (χ1v) is 6.07. The van der Waals surface area contributed by atoms with E-state index >= 15 is 0 Å². The first kappa shape index (κ1) is 22.3. The van der Waals surface area contributed by atoms with Crippen molar-refractivity contribution >= 4 is 13.6 Å². The monoisotopic (exact) mass is 286 g/mol. The molecule has 5 N–H and O–H groups in total. The molecule has 0 radical (unpaired) electrons. The van der Waals surface area contributed by atoms with E-state index in [0.717, 1.165) is 6.92 Å². The summed E-state index contributed by atoms with van der Waals surface area (Å²) in [6.07, 6.45) is 1.64. The number of hydrogen-bond donors (Lipinski definition) is 5. The summed E-state index contributed by atoms with van der Waals surface area (Å²) in [7, 11) is -4.64. The van der Waals surface area contributed by atoms with Crippen LogP contribution in [0.5, 0.6) is 0 Å². The van der Waals surface area contributed by atoms with E-state index in [4.69, 9.17) is 34.2 Å². The van der Waals surface area contributed by atoms with E-state index in [2.05, 4.69) is 13.2 Å². The smallest absolute Gasteiger partial charge is 0.373 e. The number of Topliss-reactive ketones (excluding diaryl/α,β-unsaturated/α-hetero) is 1. The highest BCUT2D eigenvalue weighted by Crippen LogP contribution is 2.25. The third-order valence-corrected chi connectivity index (χ3v) is 0.835. The van der Waals surface area contributed by atoms with Gasteiger partial charge in [-0.05, 0) is 6.92 Å². The quantitative estimate of drug-likeness (QED) is 0.194. The number of rotatable bonds is 5. The van der Waals surface area contributed by atoms with Crippen molar-refractivity contribution in [2.24, 2.45) is 0 Å². The Hall–Kier alpha value is -0.860. The van der Waals surface area contributed by atoms with Gasteiger partial charge in [-0.25, -0.2) is 4.57 Å². The van der Waals surface area contributed by atoms with Crippen LogP contribution < -0.4 is 0 Å². The van der Waals surface area contributed by atoms with Crippen LogP contribution in [0.25, 0.3) is 0 Å². The Labute approximate surface area is 105 Å². The zero-order valence-corrected chi connectivity index (χ0v) is 10.9. The van der Waals surface area contributed by atoms with E-state index in [-0.39, 0.29) is 0 Å². The molecule has 0 fully saturated rings. The van der Waals surface area contributed by atoms with Gasteiger partial charge in [-0.3, -0.25) is 4.79 Å². The van der Waals surface area contributed by atoms with Crippen molar-refractivity contribution in [3.8, 4) is 0 Å². The van der Waals surface area contributed by atoms with Gasteiger partial charge in [0.2, 0.25) is 6.29 Å². The molecule has 0 aliphatic rings. The zero-order valence-electron chi connectivity index (χ0n) is 9.97. The lowest BCUT2D eigenvalue weighted by molar-refractivity contribution is -0.142. The molecule has 0 aromatic carbocycles.